The maximum Gasteiger partial charge on any atom is 0.160 e. The van der Waals surface area contributed by atoms with Gasteiger partial charge in [-0.3, -0.25) is 0 Å². The Morgan fingerprint density at radius 2 is 1.24 bits per heavy atom. The standard InChI is InChI=1S/C57H37N3OS/c1-34-25-28-45(58-57(39-27-26-35-13-2-3-14-36(35)31-39)59-56(34)43-20-12-24-52-53(43)42-19-8-11-23-51(42)62-52)55-47(29-30-50-54(55)41-18-7-10-22-49(41)61-50)60-46-21-9-6-17-40(46)44-32-37-15-4-5-16-38(37)33-48(44)60/h2-24,26-34H,25H2,1H3/b45-28+,58-57?,59-56?. The maximum atomic E-state index is 6.66. The molecule has 0 saturated carbocycles. The molecule has 0 N–H and O–H groups in total. The summed E-state index contributed by atoms with van der Waals surface area (Å²) in [5, 5.41) is 11.8. The number of benzene rings is 9. The summed E-state index contributed by atoms with van der Waals surface area (Å²) < 4.78 is 11.7. The van der Waals surface area contributed by atoms with E-state index in [9.17, 15) is 0 Å². The van der Waals surface area contributed by atoms with E-state index in [0.717, 1.165) is 73.0 Å². The van der Waals surface area contributed by atoms with Gasteiger partial charge in [0.2, 0.25) is 0 Å². The number of allylic oxidation sites excluding steroid dienone is 1. The Balaban J connectivity index is 1.13. The van der Waals surface area contributed by atoms with Gasteiger partial charge in [0.15, 0.2) is 5.84 Å². The van der Waals surface area contributed by atoms with Crippen LogP contribution in [0, 0.1) is 5.92 Å². The molecule has 12 aromatic rings. The summed E-state index contributed by atoms with van der Waals surface area (Å²) in [4.78, 5) is 11.5. The van der Waals surface area contributed by atoms with Gasteiger partial charge in [-0.15, -0.1) is 11.3 Å². The van der Waals surface area contributed by atoms with Crippen molar-refractivity contribution in [2.24, 2.45) is 15.9 Å². The third-order valence-electron chi connectivity index (χ3n) is 12.8. The van der Waals surface area contributed by atoms with Gasteiger partial charge in [0.25, 0.3) is 0 Å². The summed E-state index contributed by atoms with van der Waals surface area (Å²) in [6, 6.07) is 65.4. The first kappa shape index (κ1) is 35.2. The fourth-order valence-corrected chi connectivity index (χ4v) is 11.0. The van der Waals surface area contributed by atoms with E-state index in [-0.39, 0.29) is 5.92 Å². The van der Waals surface area contributed by atoms with Crippen molar-refractivity contribution >= 4 is 114 Å². The van der Waals surface area contributed by atoms with Gasteiger partial charge in [0.05, 0.1) is 28.1 Å². The lowest BCUT2D eigenvalue weighted by molar-refractivity contribution is 0.669. The number of thiophene rings is 1. The van der Waals surface area contributed by atoms with Crippen LogP contribution < -0.4 is 0 Å². The first-order chi connectivity index (χ1) is 30.6. The quantitative estimate of drug-likeness (QED) is 0.175. The number of aliphatic imine (C=N–C) groups is 2. The lowest BCUT2D eigenvalue weighted by Gasteiger charge is -2.21. The first-order valence-electron chi connectivity index (χ1n) is 21.3. The van der Waals surface area contributed by atoms with Crippen LogP contribution >= 0.6 is 11.3 Å². The molecule has 4 nitrogen and oxygen atoms in total. The van der Waals surface area contributed by atoms with Crippen LogP contribution in [-0.4, -0.2) is 16.1 Å². The van der Waals surface area contributed by atoms with E-state index >= 15 is 0 Å². The Hall–Kier alpha value is -7.60. The van der Waals surface area contributed by atoms with Crippen molar-refractivity contribution in [3.63, 3.8) is 0 Å². The van der Waals surface area contributed by atoms with Gasteiger partial charge in [-0.1, -0.05) is 140 Å². The van der Waals surface area contributed by atoms with E-state index in [1.807, 2.05) is 17.4 Å². The molecular weight excluding hydrogens is 775 g/mol. The lowest BCUT2D eigenvalue weighted by Crippen LogP contribution is -2.17. The molecular formula is C57H37N3OS. The van der Waals surface area contributed by atoms with Gasteiger partial charge in [-0.05, 0) is 82.6 Å². The minimum atomic E-state index is 0.0727. The summed E-state index contributed by atoms with van der Waals surface area (Å²) >= 11 is 1.84. The second-order valence-corrected chi connectivity index (χ2v) is 17.6. The number of hydrogen-bond donors (Lipinski definition) is 0. The second kappa shape index (κ2) is 13.7. The van der Waals surface area contributed by atoms with E-state index in [0.29, 0.717) is 5.84 Å². The SMILES string of the molecule is CC1C/C=C(\c2c(-n3c4ccccc4c4cc5ccccc5cc43)ccc3oc4ccccc4c23)N=C(c2ccc3ccccc3c2)N=C1c1cccc2sc3ccccc3c12. The highest BCUT2D eigenvalue weighted by Gasteiger charge is 2.26. The number of fused-ring (bicyclic) bond motifs is 11. The summed E-state index contributed by atoms with van der Waals surface area (Å²) in [5.74, 6) is 0.757. The number of rotatable bonds is 4. The van der Waals surface area contributed by atoms with Crippen molar-refractivity contribution in [1.29, 1.82) is 0 Å². The monoisotopic (exact) mass is 811 g/mol. The molecule has 0 radical (unpaired) electrons. The van der Waals surface area contributed by atoms with Crippen LogP contribution in [-0.2, 0) is 0 Å². The molecule has 0 saturated heterocycles. The molecule has 13 rings (SSSR count). The topological polar surface area (TPSA) is 42.8 Å². The van der Waals surface area contributed by atoms with Gasteiger partial charge in [0.1, 0.15) is 11.2 Å². The number of furan rings is 1. The molecule has 1 aliphatic rings. The van der Waals surface area contributed by atoms with Gasteiger partial charge in [0, 0.05) is 64.3 Å². The zero-order valence-electron chi connectivity index (χ0n) is 33.8. The Morgan fingerprint density at radius 3 is 2.11 bits per heavy atom. The van der Waals surface area contributed by atoms with E-state index in [1.54, 1.807) is 0 Å². The van der Waals surface area contributed by atoms with E-state index in [2.05, 4.69) is 193 Å². The fourth-order valence-electron chi connectivity index (χ4n) is 9.90. The number of amidine groups is 1. The van der Waals surface area contributed by atoms with Crippen LogP contribution in [0.2, 0.25) is 0 Å². The number of para-hydroxylation sites is 2. The third kappa shape index (κ3) is 5.38. The highest BCUT2D eigenvalue weighted by atomic mass is 32.1. The van der Waals surface area contributed by atoms with Crippen molar-refractivity contribution in [3.05, 3.63) is 205 Å². The average molecular weight is 812 g/mol. The zero-order valence-corrected chi connectivity index (χ0v) is 34.7. The molecule has 1 unspecified atom stereocenters. The Morgan fingerprint density at radius 1 is 0.532 bits per heavy atom. The fraction of sp³-hybridized carbons (Fsp3) is 0.0526. The van der Waals surface area contributed by atoms with Crippen molar-refractivity contribution in [3.8, 4) is 5.69 Å². The molecule has 0 aliphatic carbocycles. The van der Waals surface area contributed by atoms with Crippen molar-refractivity contribution in [2.75, 3.05) is 0 Å². The van der Waals surface area contributed by atoms with Crippen LogP contribution in [0.3, 0.4) is 0 Å². The Kier molecular flexibility index (Phi) is 7.78. The van der Waals surface area contributed by atoms with Crippen LogP contribution in [0.15, 0.2) is 202 Å². The van der Waals surface area contributed by atoms with Crippen molar-refractivity contribution in [2.45, 2.75) is 13.3 Å². The molecule has 4 heterocycles. The Bertz CT molecular complexity index is 3930. The van der Waals surface area contributed by atoms with Gasteiger partial charge >= 0.3 is 0 Å². The minimum Gasteiger partial charge on any atom is -0.456 e. The maximum absolute atomic E-state index is 6.66. The van der Waals surface area contributed by atoms with Crippen molar-refractivity contribution in [1.82, 2.24) is 4.57 Å². The predicted octanol–water partition coefficient (Wildman–Crippen LogP) is 15.7. The molecule has 0 fully saturated rings. The molecule has 1 atom stereocenters. The number of hydrogen-bond acceptors (Lipinski definition) is 4. The Labute approximate surface area is 361 Å². The number of nitrogens with zero attached hydrogens (tertiary/aromatic N) is 3. The average Bonchev–Trinajstić information content (AvgIpc) is 3.99. The van der Waals surface area contributed by atoms with Gasteiger partial charge < -0.3 is 8.98 Å². The lowest BCUT2D eigenvalue weighted by atomic mass is 9.90. The van der Waals surface area contributed by atoms with E-state index in [1.165, 1.54) is 52.7 Å². The molecule has 0 amide bonds. The zero-order chi connectivity index (χ0) is 40.9. The van der Waals surface area contributed by atoms with Crippen molar-refractivity contribution < 1.29 is 4.42 Å². The molecule has 0 bridgehead atoms. The van der Waals surface area contributed by atoms with Gasteiger partial charge in [-0.2, -0.15) is 0 Å². The summed E-state index contributed by atoms with van der Waals surface area (Å²) in [6.07, 6.45) is 3.10. The smallest absolute Gasteiger partial charge is 0.160 e. The largest absolute Gasteiger partial charge is 0.456 e. The molecule has 5 heteroatoms. The van der Waals surface area contributed by atoms with E-state index in [4.69, 9.17) is 14.4 Å². The van der Waals surface area contributed by atoms with E-state index < -0.39 is 0 Å². The molecule has 62 heavy (non-hydrogen) atoms. The normalized spacial score (nSPS) is 15.8. The summed E-state index contributed by atoms with van der Waals surface area (Å²) in [7, 11) is 0. The molecule has 1 aliphatic heterocycles. The highest BCUT2D eigenvalue weighted by molar-refractivity contribution is 7.25. The minimum absolute atomic E-state index is 0.0727. The number of aromatic nitrogens is 1. The summed E-state index contributed by atoms with van der Waals surface area (Å²) in [6.45, 7) is 2.32. The molecule has 3 aromatic heterocycles. The second-order valence-electron chi connectivity index (χ2n) is 16.5. The van der Waals surface area contributed by atoms with Gasteiger partial charge in [-0.25, -0.2) is 9.98 Å². The van der Waals surface area contributed by atoms with Crippen LogP contribution in [0.1, 0.15) is 30.0 Å². The third-order valence-corrected chi connectivity index (χ3v) is 14.0. The van der Waals surface area contributed by atoms with Crippen LogP contribution in [0.5, 0.6) is 0 Å². The van der Waals surface area contributed by atoms with Crippen LogP contribution in [0.4, 0.5) is 0 Å². The highest BCUT2D eigenvalue weighted by Crippen LogP contribution is 2.44. The molecule has 9 aromatic carbocycles. The molecule has 292 valence electrons. The summed E-state index contributed by atoms with van der Waals surface area (Å²) in [5.41, 5.74) is 10.1. The first-order valence-corrected chi connectivity index (χ1v) is 22.1. The molecule has 0 spiro atoms. The van der Waals surface area contributed by atoms with Crippen LogP contribution in [0.25, 0.3) is 96.8 Å². The predicted molar refractivity (Wildman–Crippen MR) is 264 cm³/mol.